The summed E-state index contributed by atoms with van der Waals surface area (Å²) >= 11 is 0. The SMILES string of the molecule is Cc1ccc(C(N)Cn2cnc3ccccc32)o1. The van der Waals surface area contributed by atoms with E-state index in [0.717, 1.165) is 22.6 Å². The largest absolute Gasteiger partial charge is 0.465 e. The molecule has 92 valence electrons. The Labute approximate surface area is 105 Å². The van der Waals surface area contributed by atoms with Crippen molar-refractivity contribution in [3.63, 3.8) is 0 Å². The van der Waals surface area contributed by atoms with E-state index in [1.807, 2.05) is 49.6 Å². The van der Waals surface area contributed by atoms with E-state index in [1.165, 1.54) is 0 Å². The zero-order chi connectivity index (χ0) is 12.5. The second-order valence-corrected chi connectivity index (χ2v) is 4.44. The highest BCUT2D eigenvalue weighted by Crippen LogP contribution is 2.18. The van der Waals surface area contributed by atoms with Crippen molar-refractivity contribution in [3.8, 4) is 0 Å². The Bertz CT molecular complexity index is 668. The van der Waals surface area contributed by atoms with Crippen molar-refractivity contribution >= 4 is 11.0 Å². The number of para-hydroxylation sites is 2. The Balaban J connectivity index is 1.88. The molecule has 0 saturated carbocycles. The van der Waals surface area contributed by atoms with Crippen molar-refractivity contribution in [2.75, 3.05) is 0 Å². The Morgan fingerprint density at radius 2 is 2.11 bits per heavy atom. The highest BCUT2D eigenvalue weighted by Gasteiger charge is 2.12. The Morgan fingerprint density at radius 1 is 1.28 bits per heavy atom. The number of hydrogen-bond donors (Lipinski definition) is 1. The second kappa shape index (κ2) is 4.31. The molecule has 0 aliphatic heterocycles. The minimum atomic E-state index is -0.156. The lowest BCUT2D eigenvalue weighted by Gasteiger charge is -2.10. The third-order valence-electron chi connectivity index (χ3n) is 3.05. The zero-order valence-corrected chi connectivity index (χ0v) is 10.2. The van der Waals surface area contributed by atoms with E-state index in [0.29, 0.717) is 6.54 Å². The third-order valence-corrected chi connectivity index (χ3v) is 3.05. The summed E-state index contributed by atoms with van der Waals surface area (Å²) < 4.78 is 7.60. The lowest BCUT2D eigenvalue weighted by Crippen LogP contribution is -2.16. The number of furan rings is 1. The lowest BCUT2D eigenvalue weighted by atomic mass is 10.2. The van der Waals surface area contributed by atoms with Crippen molar-refractivity contribution in [3.05, 3.63) is 54.2 Å². The smallest absolute Gasteiger partial charge is 0.122 e. The number of imidazole rings is 1. The maximum Gasteiger partial charge on any atom is 0.122 e. The van der Waals surface area contributed by atoms with E-state index in [1.54, 1.807) is 0 Å². The average molecular weight is 241 g/mol. The van der Waals surface area contributed by atoms with Crippen LogP contribution in [-0.4, -0.2) is 9.55 Å². The van der Waals surface area contributed by atoms with Gasteiger partial charge in [0.15, 0.2) is 0 Å². The van der Waals surface area contributed by atoms with Crippen LogP contribution in [0.5, 0.6) is 0 Å². The van der Waals surface area contributed by atoms with Crippen LogP contribution in [0.25, 0.3) is 11.0 Å². The van der Waals surface area contributed by atoms with Gasteiger partial charge in [-0.15, -0.1) is 0 Å². The van der Waals surface area contributed by atoms with E-state index in [-0.39, 0.29) is 6.04 Å². The van der Waals surface area contributed by atoms with E-state index < -0.39 is 0 Å². The van der Waals surface area contributed by atoms with Crippen molar-refractivity contribution in [1.29, 1.82) is 0 Å². The highest BCUT2D eigenvalue weighted by molar-refractivity contribution is 5.74. The summed E-state index contributed by atoms with van der Waals surface area (Å²) in [7, 11) is 0. The molecule has 0 amide bonds. The van der Waals surface area contributed by atoms with Gasteiger partial charge in [0, 0.05) is 6.54 Å². The average Bonchev–Trinajstić information content (AvgIpc) is 2.97. The summed E-state index contributed by atoms with van der Waals surface area (Å²) in [5, 5.41) is 0. The van der Waals surface area contributed by atoms with Crippen molar-refractivity contribution < 1.29 is 4.42 Å². The summed E-state index contributed by atoms with van der Waals surface area (Å²) in [5.41, 5.74) is 8.23. The molecule has 0 aliphatic carbocycles. The van der Waals surface area contributed by atoms with Crippen molar-refractivity contribution in [2.45, 2.75) is 19.5 Å². The van der Waals surface area contributed by atoms with Gasteiger partial charge in [-0.25, -0.2) is 4.98 Å². The molecular weight excluding hydrogens is 226 g/mol. The van der Waals surface area contributed by atoms with E-state index in [4.69, 9.17) is 10.2 Å². The maximum atomic E-state index is 6.15. The van der Waals surface area contributed by atoms with E-state index in [2.05, 4.69) is 9.55 Å². The Morgan fingerprint density at radius 3 is 2.89 bits per heavy atom. The molecule has 0 aliphatic rings. The summed E-state index contributed by atoms with van der Waals surface area (Å²) in [4.78, 5) is 4.35. The molecule has 0 fully saturated rings. The fourth-order valence-electron chi connectivity index (χ4n) is 2.11. The van der Waals surface area contributed by atoms with Crippen molar-refractivity contribution in [1.82, 2.24) is 9.55 Å². The first-order valence-electron chi connectivity index (χ1n) is 5.96. The maximum absolute atomic E-state index is 6.15. The van der Waals surface area contributed by atoms with E-state index >= 15 is 0 Å². The van der Waals surface area contributed by atoms with Gasteiger partial charge in [0.05, 0.1) is 23.4 Å². The van der Waals surface area contributed by atoms with Gasteiger partial charge >= 0.3 is 0 Å². The molecule has 2 heterocycles. The van der Waals surface area contributed by atoms with Gasteiger partial charge < -0.3 is 14.7 Å². The van der Waals surface area contributed by atoms with Crippen LogP contribution in [0, 0.1) is 6.92 Å². The molecule has 3 aromatic rings. The van der Waals surface area contributed by atoms with Gasteiger partial charge in [-0.2, -0.15) is 0 Å². The van der Waals surface area contributed by atoms with Crippen LogP contribution < -0.4 is 5.73 Å². The molecule has 0 spiro atoms. The number of fused-ring (bicyclic) bond motifs is 1. The molecule has 2 aromatic heterocycles. The molecule has 1 aromatic carbocycles. The molecular formula is C14H15N3O. The minimum absolute atomic E-state index is 0.156. The predicted octanol–water partition coefficient (Wildman–Crippen LogP) is 2.64. The molecule has 4 heteroatoms. The molecule has 0 radical (unpaired) electrons. The Kier molecular flexibility index (Phi) is 2.64. The third kappa shape index (κ3) is 1.91. The summed E-state index contributed by atoms with van der Waals surface area (Å²) in [6, 6.07) is 11.7. The molecule has 2 N–H and O–H groups in total. The van der Waals surface area contributed by atoms with Crippen LogP contribution in [-0.2, 0) is 6.54 Å². The molecule has 1 unspecified atom stereocenters. The van der Waals surface area contributed by atoms with Gasteiger partial charge in [0.25, 0.3) is 0 Å². The van der Waals surface area contributed by atoms with Crippen LogP contribution in [0.4, 0.5) is 0 Å². The van der Waals surface area contributed by atoms with Gasteiger partial charge in [-0.3, -0.25) is 0 Å². The first-order valence-corrected chi connectivity index (χ1v) is 5.96. The number of nitrogens with zero attached hydrogens (tertiary/aromatic N) is 2. The van der Waals surface area contributed by atoms with Gasteiger partial charge in [0.2, 0.25) is 0 Å². The molecule has 3 rings (SSSR count). The molecule has 4 nitrogen and oxygen atoms in total. The highest BCUT2D eigenvalue weighted by atomic mass is 16.3. The van der Waals surface area contributed by atoms with Crippen LogP contribution in [0.2, 0.25) is 0 Å². The molecule has 1 atom stereocenters. The van der Waals surface area contributed by atoms with Crippen molar-refractivity contribution in [2.24, 2.45) is 5.73 Å². The summed E-state index contributed by atoms with van der Waals surface area (Å²) in [6.07, 6.45) is 1.82. The number of benzene rings is 1. The summed E-state index contributed by atoms with van der Waals surface area (Å²) in [6.45, 7) is 2.58. The quantitative estimate of drug-likeness (QED) is 0.767. The Hall–Kier alpha value is -2.07. The number of aryl methyl sites for hydroxylation is 1. The standard InChI is InChI=1S/C14H15N3O/c1-10-6-7-14(18-10)11(15)8-17-9-16-12-4-2-3-5-13(12)17/h2-7,9,11H,8,15H2,1H3. The second-order valence-electron chi connectivity index (χ2n) is 4.44. The first kappa shape index (κ1) is 11.0. The molecule has 0 bridgehead atoms. The van der Waals surface area contributed by atoms with Crippen LogP contribution >= 0.6 is 0 Å². The van der Waals surface area contributed by atoms with Gasteiger partial charge in [-0.05, 0) is 31.2 Å². The van der Waals surface area contributed by atoms with Crippen LogP contribution in [0.15, 0.2) is 47.1 Å². The minimum Gasteiger partial charge on any atom is -0.465 e. The monoisotopic (exact) mass is 241 g/mol. The fraction of sp³-hybridized carbons (Fsp3) is 0.214. The lowest BCUT2D eigenvalue weighted by molar-refractivity contribution is 0.422. The fourth-order valence-corrected chi connectivity index (χ4v) is 2.11. The number of hydrogen-bond acceptors (Lipinski definition) is 3. The normalized spacial score (nSPS) is 13.0. The topological polar surface area (TPSA) is 57.0 Å². The van der Waals surface area contributed by atoms with Crippen LogP contribution in [0.1, 0.15) is 17.6 Å². The van der Waals surface area contributed by atoms with Gasteiger partial charge in [0.1, 0.15) is 11.5 Å². The summed E-state index contributed by atoms with van der Waals surface area (Å²) in [5.74, 6) is 1.70. The number of rotatable bonds is 3. The van der Waals surface area contributed by atoms with E-state index in [9.17, 15) is 0 Å². The number of aromatic nitrogens is 2. The number of nitrogens with two attached hydrogens (primary N) is 1. The van der Waals surface area contributed by atoms with Gasteiger partial charge in [-0.1, -0.05) is 12.1 Å². The van der Waals surface area contributed by atoms with Crippen LogP contribution in [0.3, 0.4) is 0 Å². The molecule has 18 heavy (non-hydrogen) atoms. The molecule has 0 saturated heterocycles. The first-order chi connectivity index (χ1) is 8.74. The predicted molar refractivity (Wildman–Crippen MR) is 70.1 cm³/mol. The zero-order valence-electron chi connectivity index (χ0n) is 10.2.